The van der Waals surface area contributed by atoms with E-state index in [4.69, 9.17) is 4.74 Å². The highest BCUT2D eigenvalue weighted by molar-refractivity contribution is 7.96. The predicted molar refractivity (Wildman–Crippen MR) is 151 cm³/mol. The number of hydrogen-bond acceptors (Lipinski definition) is 5. The molecule has 0 aliphatic rings. The third kappa shape index (κ3) is 7.32. The number of aryl methyl sites for hydroxylation is 2. The lowest BCUT2D eigenvalue weighted by molar-refractivity contribution is -0.129. The molecule has 0 aliphatic carbocycles. The lowest BCUT2D eigenvalue weighted by atomic mass is 10.1. The van der Waals surface area contributed by atoms with E-state index in [1.165, 1.54) is 12.1 Å². The molecular weight excluding hydrogens is 482 g/mol. The topological polar surface area (TPSA) is 63.7 Å². The van der Waals surface area contributed by atoms with Crippen LogP contribution >= 0.6 is 0 Å². The molecule has 3 aromatic carbocycles. The van der Waals surface area contributed by atoms with Crippen molar-refractivity contribution < 1.29 is 17.9 Å². The Bertz CT molecular complexity index is 1380. The molecule has 5 nitrogen and oxygen atoms in total. The SMILES string of the molecule is CCCCN(/C=C/C=C(/C(=O)Oc1ccc(C)cc1C)S(=O)(=O)c1cccc2ccccc12)CCCC. The molecule has 0 atom stereocenters. The number of rotatable bonds is 12. The minimum Gasteiger partial charge on any atom is -0.422 e. The van der Waals surface area contributed by atoms with E-state index in [1.807, 2.05) is 50.4 Å². The van der Waals surface area contributed by atoms with Crippen LogP contribution < -0.4 is 4.74 Å². The molecule has 0 bridgehead atoms. The zero-order chi connectivity index (χ0) is 26.8. The van der Waals surface area contributed by atoms with Gasteiger partial charge in [-0.1, -0.05) is 80.8 Å². The third-order valence-corrected chi connectivity index (χ3v) is 8.02. The fourth-order valence-corrected chi connectivity index (χ4v) is 5.60. The quantitative estimate of drug-likeness (QED) is 0.110. The van der Waals surface area contributed by atoms with Crippen LogP contribution in [-0.4, -0.2) is 32.4 Å². The third-order valence-electron chi connectivity index (χ3n) is 6.21. The van der Waals surface area contributed by atoms with Crippen molar-refractivity contribution in [2.45, 2.75) is 58.3 Å². The summed E-state index contributed by atoms with van der Waals surface area (Å²) in [5.74, 6) is -0.565. The molecule has 196 valence electrons. The lowest BCUT2D eigenvalue weighted by Crippen LogP contribution is -2.21. The number of carbonyl (C=O) groups is 1. The molecule has 6 heteroatoms. The second-order valence-corrected chi connectivity index (χ2v) is 11.1. The fourth-order valence-electron chi connectivity index (χ4n) is 4.12. The summed E-state index contributed by atoms with van der Waals surface area (Å²) in [4.78, 5) is 15.3. The summed E-state index contributed by atoms with van der Waals surface area (Å²) in [5, 5.41) is 1.35. The second kappa shape index (κ2) is 13.2. The van der Waals surface area contributed by atoms with Crippen molar-refractivity contribution in [2.24, 2.45) is 0 Å². The Kier molecular flexibility index (Phi) is 10.1. The number of nitrogens with zero attached hydrogens (tertiary/aromatic N) is 1. The predicted octanol–water partition coefficient (Wildman–Crippen LogP) is 7.14. The van der Waals surface area contributed by atoms with Crippen molar-refractivity contribution in [3.63, 3.8) is 0 Å². The molecule has 0 spiro atoms. The van der Waals surface area contributed by atoms with E-state index >= 15 is 0 Å². The van der Waals surface area contributed by atoms with Crippen LogP contribution in [0.3, 0.4) is 0 Å². The number of sulfone groups is 1. The number of allylic oxidation sites excluding steroid dienone is 2. The maximum atomic E-state index is 13.9. The van der Waals surface area contributed by atoms with E-state index in [-0.39, 0.29) is 4.90 Å². The molecule has 0 radical (unpaired) electrons. The van der Waals surface area contributed by atoms with Gasteiger partial charge in [-0.3, -0.25) is 0 Å². The number of unbranched alkanes of at least 4 members (excludes halogenated alkanes) is 2. The van der Waals surface area contributed by atoms with Crippen LogP contribution in [0.2, 0.25) is 0 Å². The molecule has 0 fully saturated rings. The van der Waals surface area contributed by atoms with Gasteiger partial charge in [-0.2, -0.15) is 0 Å². The molecule has 3 rings (SSSR count). The molecule has 0 amide bonds. The van der Waals surface area contributed by atoms with Crippen molar-refractivity contribution in [3.8, 4) is 5.75 Å². The highest BCUT2D eigenvalue weighted by Crippen LogP contribution is 2.29. The van der Waals surface area contributed by atoms with Crippen molar-refractivity contribution in [3.05, 3.63) is 95.0 Å². The molecule has 0 heterocycles. The minimum atomic E-state index is -4.18. The number of hydrogen-bond donors (Lipinski definition) is 0. The number of benzene rings is 3. The Hall–Kier alpha value is -3.38. The van der Waals surface area contributed by atoms with Crippen LogP contribution in [0.1, 0.15) is 50.7 Å². The van der Waals surface area contributed by atoms with E-state index in [2.05, 4.69) is 18.7 Å². The maximum absolute atomic E-state index is 13.9. The van der Waals surface area contributed by atoms with E-state index in [0.29, 0.717) is 11.1 Å². The Labute approximate surface area is 221 Å². The van der Waals surface area contributed by atoms with Crippen molar-refractivity contribution in [1.82, 2.24) is 4.90 Å². The Morgan fingerprint density at radius 3 is 2.27 bits per heavy atom. The molecule has 0 aromatic heterocycles. The van der Waals surface area contributed by atoms with Gasteiger partial charge < -0.3 is 9.64 Å². The van der Waals surface area contributed by atoms with Gasteiger partial charge in [-0.25, -0.2) is 13.2 Å². The summed E-state index contributed by atoms with van der Waals surface area (Å²) in [6, 6.07) is 17.7. The molecular formula is C31H37NO4S. The zero-order valence-corrected chi connectivity index (χ0v) is 23.1. The lowest BCUT2D eigenvalue weighted by Gasteiger charge is -2.19. The van der Waals surface area contributed by atoms with Crippen LogP contribution in [-0.2, 0) is 14.6 Å². The van der Waals surface area contributed by atoms with Crippen LogP contribution in [0.4, 0.5) is 0 Å². The van der Waals surface area contributed by atoms with E-state index in [1.54, 1.807) is 30.3 Å². The molecule has 0 aliphatic heterocycles. The summed E-state index contributed by atoms with van der Waals surface area (Å²) in [6.45, 7) is 9.80. The zero-order valence-electron chi connectivity index (χ0n) is 22.2. The molecule has 0 saturated carbocycles. The van der Waals surface area contributed by atoms with E-state index < -0.39 is 20.7 Å². The molecule has 0 saturated heterocycles. The summed E-state index contributed by atoms with van der Waals surface area (Å²) >= 11 is 0. The highest BCUT2D eigenvalue weighted by Gasteiger charge is 2.30. The Morgan fingerprint density at radius 1 is 0.919 bits per heavy atom. The average Bonchev–Trinajstić information content (AvgIpc) is 2.88. The normalized spacial score (nSPS) is 12.3. The molecule has 0 unspecified atom stereocenters. The first kappa shape index (κ1) is 28.2. The summed E-state index contributed by atoms with van der Waals surface area (Å²) in [5.41, 5.74) is 1.79. The van der Waals surface area contributed by atoms with E-state index in [0.717, 1.165) is 55.3 Å². The monoisotopic (exact) mass is 519 g/mol. The van der Waals surface area contributed by atoms with Crippen molar-refractivity contribution >= 4 is 26.6 Å². The van der Waals surface area contributed by atoms with Gasteiger partial charge in [0.1, 0.15) is 5.75 Å². The number of esters is 1. The number of carbonyl (C=O) groups excluding carboxylic acids is 1. The van der Waals surface area contributed by atoms with Crippen LogP contribution in [0, 0.1) is 13.8 Å². The van der Waals surface area contributed by atoms with Crippen molar-refractivity contribution in [2.75, 3.05) is 13.1 Å². The fraction of sp³-hybridized carbons (Fsp3) is 0.323. The minimum absolute atomic E-state index is 0.0802. The average molecular weight is 520 g/mol. The number of fused-ring (bicyclic) bond motifs is 1. The smallest absolute Gasteiger partial charge is 0.355 e. The number of ether oxygens (including phenoxy) is 1. The van der Waals surface area contributed by atoms with Crippen LogP contribution in [0.5, 0.6) is 5.75 Å². The van der Waals surface area contributed by atoms with Gasteiger partial charge in [0.05, 0.1) is 4.90 Å². The molecule has 0 N–H and O–H groups in total. The maximum Gasteiger partial charge on any atom is 0.355 e. The van der Waals surface area contributed by atoms with Gasteiger partial charge in [0.15, 0.2) is 4.91 Å². The first-order chi connectivity index (χ1) is 17.8. The highest BCUT2D eigenvalue weighted by atomic mass is 32.2. The van der Waals surface area contributed by atoms with Gasteiger partial charge in [-0.15, -0.1) is 0 Å². The van der Waals surface area contributed by atoms with Crippen LogP contribution in [0.15, 0.2) is 88.8 Å². The Balaban J connectivity index is 2.05. The van der Waals surface area contributed by atoms with Gasteiger partial charge in [0, 0.05) is 18.5 Å². The molecule has 3 aromatic rings. The van der Waals surface area contributed by atoms with Gasteiger partial charge in [0.2, 0.25) is 9.84 Å². The van der Waals surface area contributed by atoms with E-state index in [9.17, 15) is 13.2 Å². The Morgan fingerprint density at radius 2 is 1.59 bits per heavy atom. The largest absolute Gasteiger partial charge is 0.422 e. The summed E-state index contributed by atoms with van der Waals surface area (Å²) in [7, 11) is -4.18. The van der Waals surface area contributed by atoms with Crippen LogP contribution in [0.25, 0.3) is 10.8 Å². The van der Waals surface area contributed by atoms with Gasteiger partial charge in [0.25, 0.3) is 0 Å². The summed E-state index contributed by atoms with van der Waals surface area (Å²) in [6.07, 6.45) is 9.08. The van der Waals surface area contributed by atoms with Gasteiger partial charge in [-0.05, 0) is 68.1 Å². The first-order valence-corrected chi connectivity index (χ1v) is 14.4. The molecule has 37 heavy (non-hydrogen) atoms. The second-order valence-electron chi connectivity index (χ2n) is 9.25. The van der Waals surface area contributed by atoms with Gasteiger partial charge >= 0.3 is 5.97 Å². The van der Waals surface area contributed by atoms with Crippen molar-refractivity contribution in [1.29, 1.82) is 0 Å². The summed E-state index contributed by atoms with van der Waals surface area (Å²) < 4.78 is 33.5. The first-order valence-electron chi connectivity index (χ1n) is 12.9. The standard InChI is InChI=1S/C31H37NO4S/c1-5-7-20-32(21-8-6-2)22-12-17-30(31(33)36-28-19-18-24(3)23-25(28)4)37(34,35)29-16-11-14-26-13-9-10-15-27(26)29/h9-19,22-23H,5-8,20-21H2,1-4H3/b22-12+,30-17-.